The molecule has 1 fully saturated rings. The largest absolute Gasteiger partial charge is 0.316 e. The first-order chi connectivity index (χ1) is 6.27. The van der Waals surface area contributed by atoms with Crippen LogP contribution in [0.3, 0.4) is 0 Å². The molecule has 0 bridgehead atoms. The predicted molar refractivity (Wildman–Crippen MR) is 44.4 cm³/mol. The number of rotatable bonds is 1. The van der Waals surface area contributed by atoms with Crippen molar-refractivity contribution in [2.24, 2.45) is 0 Å². The normalized spacial score (nSPS) is 22.2. The van der Waals surface area contributed by atoms with Crippen molar-refractivity contribution in [1.29, 1.82) is 0 Å². The molecule has 1 N–H and O–H groups in total. The van der Waals surface area contributed by atoms with E-state index in [1.54, 1.807) is 0 Å². The summed E-state index contributed by atoms with van der Waals surface area (Å²) in [4.78, 5) is 3.77. The number of halogens is 2. The first kappa shape index (κ1) is 8.56. The summed E-state index contributed by atoms with van der Waals surface area (Å²) in [6.07, 6.45) is 1.94. The lowest BCUT2D eigenvalue weighted by Crippen LogP contribution is -2.10. The van der Waals surface area contributed by atoms with Gasteiger partial charge >= 0.3 is 0 Å². The molecule has 1 aliphatic rings. The van der Waals surface area contributed by atoms with Crippen LogP contribution in [0.25, 0.3) is 0 Å². The Bertz CT molecular complexity index is 308. The van der Waals surface area contributed by atoms with Crippen molar-refractivity contribution in [2.45, 2.75) is 12.3 Å². The van der Waals surface area contributed by atoms with Gasteiger partial charge in [0.15, 0.2) is 0 Å². The highest BCUT2D eigenvalue weighted by Crippen LogP contribution is 2.22. The fourth-order valence-electron chi connectivity index (χ4n) is 1.61. The second-order valence-electron chi connectivity index (χ2n) is 3.21. The minimum absolute atomic E-state index is 0.0978. The Kier molecular flexibility index (Phi) is 2.22. The van der Waals surface area contributed by atoms with Gasteiger partial charge in [0, 0.05) is 18.5 Å². The van der Waals surface area contributed by atoms with Gasteiger partial charge in [-0.15, -0.1) is 0 Å². The van der Waals surface area contributed by atoms with Gasteiger partial charge in [-0.05, 0) is 13.0 Å². The van der Waals surface area contributed by atoms with Crippen molar-refractivity contribution in [1.82, 2.24) is 10.3 Å². The first-order valence-corrected chi connectivity index (χ1v) is 4.29. The highest BCUT2D eigenvalue weighted by Gasteiger charge is 2.21. The van der Waals surface area contributed by atoms with E-state index in [9.17, 15) is 8.78 Å². The van der Waals surface area contributed by atoms with Gasteiger partial charge in [-0.25, -0.2) is 8.78 Å². The van der Waals surface area contributed by atoms with Crippen LogP contribution in [0, 0.1) is 11.6 Å². The molecule has 4 heteroatoms. The number of hydrogen-bond acceptors (Lipinski definition) is 2. The van der Waals surface area contributed by atoms with Gasteiger partial charge in [0.2, 0.25) is 0 Å². The SMILES string of the molecule is Fc1cnc(C2CCNC2)c(F)c1. The Balaban J connectivity index is 2.29. The van der Waals surface area contributed by atoms with Gasteiger partial charge in [-0.3, -0.25) is 4.98 Å². The molecular weight excluding hydrogens is 174 g/mol. The van der Waals surface area contributed by atoms with Crippen molar-refractivity contribution in [3.63, 3.8) is 0 Å². The molecule has 1 unspecified atom stereocenters. The van der Waals surface area contributed by atoms with Crippen LogP contribution in [0.15, 0.2) is 12.3 Å². The Morgan fingerprint density at radius 2 is 2.31 bits per heavy atom. The molecule has 0 aliphatic carbocycles. The van der Waals surface area contributed by atoms with Crippen molar-refractivity contribution in [2.75, 3.05) is 13.1 Å². The number of nitrogens with one attached hydrogen (secondary N) is 1. The van der Waals surface area contributed by atoms with E-state index < -0.39 is 11.6 Å². The maximum Gasteiger partial charge on any atom is 0.147 e. The van der Waals surface area contributed by atoms with Crippen LogP contribution in [0.2, 0.25) is 0 Å². The summed E-state index contributed by atoms with van der Waals surface area (Å²) in [5.74, 6) is -1.05. The second kappa shape index (κ2) is 3.38. The standard InChI is InChI=1S/C9H10F2N2/c10-7-3-8(11)9(13-5-7)6-1-2-12-4-6/h3,5-6,12H,1-2,4H2. The summed E-state index contributed by atoms with van der Waals surface area (Å²) in [5, 5.41) is 3.11. The molecule has 0 saturated carbocycles. The van der Waals surface area contributed by atoms with Crippen molar-refractivity contribution < 1.29 is 8.78 Å². The van der Waals surface area contributed by atoms with Gasteiger partial charge in [0.1, 0.15) is 11.6 Å². The van der Waals surface area contributed by atoms with Crippen LogP contribution in [-0.4, -0.2) is 18.1 Å². The minimum atomic E-state index is -0.618. The van der Waals surface area contributed by atoms with Crippen LogP contribution >= 0.6 is 0 Å². The molecule has 2 heterocycles. The molecule has 2 rings (SSSR count). The molecule has 0 amide bonds. The Morgan fingerprint density at radius 3 is 2.92 bits per heavy atom. The van der Waals surface area contributed by atoms with Crippen LogP contribution in [-0.2, 0) is 0 Å². The van der Waals surface area contributed by atoms with E-state index in [-0.39, 0.29) is 5.92 Å². The van der Waals surface area contributed by atoms with E-state index in [4.69, 9.17) is 0 Å². The van der Waals surface area contributed by atoms with Gasteiger partial charge in [-0.1, -0.05) is 0 Å². The van der Waals surface area contributed by atoms with Crippen LogP contribution in [0.4, 0.5) is 8.78 Å². The van der Waals surface area contributed by atoms with Crippen LogP contribution < -0.4 is 5.32 Å². The zero-order valence-electron chi connectivity index (χ0n) is 7.06. The molecule has 0 radical (unpaired) electrons. The van der Waals surface area contributed by atoms with Crippen LogP contribution in [0.5, 0.6) is 0 Å². The minimum Gasteiger partial charge on any atom is -0.316 e. The molecule has 0 aromatic carbocycles. The first-order valence-electron chi connectivity index (χ1n) is 4.29. The van der Waals surface area contributed by atoms with Crippen molar-refractivity contribution in [3.8, 4) is 0 Å². The molecule has 1 aromatic heterocycles. The summed E-state index contributed by atoms with van der Waals surface area (Å²) >= 11 is 0. The fourth-order valence-corrected chi connectivity index (χ4v) is 1.61. The molecule has 2 nitrogen and oxygen atoms in total. The zero-order chi connectivity index (χ0) is 9.26. The summed E-state index contributed by atoms with van der Waals surface area (Å²) in [6.45, 7) is 1.61. The number of pyridine rings is 1. The highest BCUT2D eigenvalue weighted by atomic mass is 19.1. The van der Waals surface area contributed by atoms with Crippen molar-refractivity contribution in [3.05, 3.63) is 29.6 Å². The van der Waals surface area contributed by atoms with Gasteiger partial charge in [0.25, 0.3) is 0 Å². The topological polar surface area (TPSA) is 24.9 Å². The van der Waals surface area contributed by atoms with Crippen molar-refractivity contribution >= 4 is 0 Å². The molecule has 13 heavy (non-hydrogen) atoms. The lowest BCUT2D eigenvalue weighted by atomic mass is 10.0. The maximum absolute atomic E-state index is 13.2. The monoisotopic (exact) mass is 184 g/mol. The van der Waals surface area contributed by atoms with E-state index in [0.717, 1.165) is 31.8 Å². The van der Waals surface area contributed by atoms with E-state index in [1.807, 2.05) is 0 Å². The quantitative estimate of drug-likeness (QED) is 0.714. The third kappa shape index (κ3) is 1.67. The van der Waals surface area contributed by atoms with Gasteiger partial charge < -0.3 is 5.32 Å². The molecule has 1 saturated heterocycles. The van der Waals surface area contributed by atoms with E-state index in [1.165, 1.54) is 0 Å². The molecule has 0 spiro atoms. The summed E-state index contributed by atoms with van der Waals surface area (Å²) < 4.78 is 25.7. The molecule has 70 valence electrons. The second-order valence-corrected chi connectivity index (χ2v) is 3.21. The Hall–Kier alpha value is -1.03. The lowest BCUT2D eigenvalue weighted by molar-refractivity contribution is 0.541. The molecule has 1 aliphatic heterocycles. The summed E-state index contributed by atoms with van der Waals surface area (Å²) in [5.41, 5.74) is 0.381. The third-order valence-corrected chi connectivity index (χ3v) is 2.28. The summed E-state index contributed by atoms with van der Waals surface area (Å²) in [6, 6.07) is 0.890. The Morgan fingerprint density at radius 1 is 1.46 bits per heavy atom. The van der Waals surface area contributed by atoms with Gasteiger partial charge in [-0.2, -0.15) is 0 Å². The number of hydrogen-bond donors (Lipinski definition) is 1. The third-order valence-electron chi connectivity index (χ3n) is 2.28. The number of nitrogens with zero attached hydrogens (tertiary/aromatic N) is 1. The average molecular weight is 184 g/mol. The smallest absolute Gasteiger partial charge is 0.147 e. The summed E-state index contributed by atoms with van der Waals surface area (Å²) in [7, 11) is 0. The van der Waals surface area contributed by atoms with Crippen LogP contribution in [0.1, 0.15) is 18.0 Å². The lowest BCUT2D eigenvalue weighted by Gasteiger charge is -2.07. The average Bonchev–Trinajstić information content (AvgIpc) is 2.56. The molecular formula is C9H10F2N2. The molecule has 1 atom stereocenters. The highest BCUT2D eigenvalue weighted by molar-refractivity contribution is 5.15. The Labute approximate surface area is 75.0 Å². The zero-order valence-corrected chi connectivity index (χ0v) is 7.06. The fraction of sp³-hybridized carbons (Fsp3) is 0.444. The molecule has 1 aromatic rings. The maximum atomic E-state index is 13.2. The predicted octanol–water partition coefficient (Wildman–Crippen LogP) is 1.44. The van der Waals surface area contributed by atoms with E-state index in [0.29, 0.717) is 5.69 Å². The van der Waals surface area contributed by atoms with E-state index >= 15 is 0 Å². The number of aromatic nitrogens is 1. The van der Waals surface area contributed by atoms with Gasteiger partial charge in [0.05, 0.1) is 11.9 Å². The van der Waals surface area contributed by atoms with E-state index in [2.05, 4.69) is 10.3 Å².